The number of carbonyl (C=O) groups excluding carboxylic acids is 1. The van der Waals surface area contributed by atoms with Crippen molar-refractivity contribution in [3.8, 4) is 0 Å². The second kappa shape index (κ2) is 4.39. The first-order valence-corrected chi connectivity index (χ1v) is 6.55. The quantitative estimate of drug-likeness (QED) is 0.862. The van der Waals surface area contributed by atoms with Gasteiger partial charge in [0.1, 0.15) is 6.54 Å². The van der Waals surface area contributed by atoms with Crippen LogP contribution in [-0.4, -0.2) is 34.4 Å². The predicted molar refractivity (Wildman–Crippen MR) is 66.1 cm³/mol. The lowest BCUT2D eigenvalue weighted by Crippen LogP contribution is -2.54. The first-order chi connectivity index (χ1) is 8.63. The number of carbonyl (C=O) groups is 1. The molecule has 1 aliphatic carbocycles. The monoisotopic (exact) mass is 249 g/mol. The summed E-state index contributed by atoms with van der Waals surface area (Å²) in [5.74, 6) is 0.589. The van der Waals surface area contributed by atoms with Gasteiger partial charge in [0.25, 0.3) is 0 Å². The third-order valence-corrected chi connectivity index (χ3v) is 4.01. The van der Waals surface area contributed by atoms with Gasteiger partial charge in [-0.25, -0.2) is 0 Å². The molecule has 1 saturated heterocycles. The standard InChI is InChI=1S/C13H19N3O2/c1-8-5-9(2)16(15-8)7-13(17)14-11-6-12-10(11)3-4-18-12/h5,10-12H,3-4,6-7H2,1-2H3,(H,14,17). The average molecular weight is 249 g/mol. The Hall–Kier alpha value is -1.36. The highest BCUT2D eigenvalue weighted by Crippen LogP contribution is 2.38. The molecule has 1 amide bonds. The molecular weight excluding hydrogens is 230 g/mol. The number of ether oxygens (including phenoxy) is 1. The van der Waals surface area contributed by atoms with Crippen LogP contribution in [0.25, 0.3) is 0 Å². The zero-order valence-electron chi connectivity index (χ0n) is 10.8. The Labute approximate surface area is 107 Å². The average Bonchev–Trinajstić information content (AvgIpc) is 2.79. The summed E-state index contributed by atoms with van der Waals surface area (Å²) < 4.78 is 7.29. The van der Waals surface area contributed by atoms with Crippen molar-refractivity contribution in [3.63, 3.8) is 0 Å². The Bertz CT molecular complexity index is 469. The van der Waals surface area contributed by atoms with Crippen molar-refractivity contribution in [3.05, 3.63) is 17.5 Å². The molecule has 18 heavy (non-hydrogen) atoms. The van der Waals surface area contributed by atoms with Gasteiger partial charge in [-0.2, -0.15) is 5.10 Å². The van der Waals surface area contributed by atoms with Crippen molar-refractivity contribution in [2.24, 2.45) is 5.92 Å². The molecule has 2 fully saturated rings. The van der Waals surface area contributed by atoms with Crippen LogP contribution < -0.4 is 5.32 Å². The van der Waals surface area contributed by atoms with E-state index >= 15 is 0 Å². The summed E-state index contributed by atoms with van der Waals surface area (Å²) in [6.07, 6.45) is 2.44. The summed E-state index contributed by atoms with van der Waals surface area (Å²) in [5, 5.41) is 7.39. The summed E-state index contributed by atoms with van der Waals surface area (Å²) in [4.78, 5) is 12.0. The Morgan fingerprint density at radius 2 is 2.44 bits per heavy atom. The minimum Gasteiger partial charge on any atom is -0.378 e. The van der Waals surface area contributed by atoms with Crippen molar-refractivity contribution < 1.29 is 9.53 Å². The maximum absolute atomic E-state index is 12.0. The smallest absolute Gasteiger partial charge is 0.241 e. The number of aryl methyl sites for hydroxylation is 2. The molecule has 2 heterocycles. The van der Waals surface area contributed by atoms with Crippen LogP contribution in [0.3, 0.4) is 0 Å². The summed E-state index contributed by atoms with van der Waals surface area (Å²) in [7, 11) is 0. The molecular formula is C13H19N3O2. The van der Waals surface area contributed by atoms with E-state index in [-0.39, 0.29) is 5.91 Å². The largest absolute Gasteiger partial charge is 0.378 e. The number of aromatic nitrogens is 2. The number of rotatable bonds is 3. The molecule has 1 saturated carbocycles. The maximum atomic E-state index is 12.0. The van der Waals surface area contributed by atoms with E-state index in [2.05, 4.69) is 10.4 Å². The van der Waals surface area contributed by atoms with Crippen LogP contribution in [0.15, 0.2) is 6.07 Å². The minimum atomic E-state index is 0.0524. The predicted octanol–water partition coefficient (Wildman–Crippen LogP) is 0.794. The van der Waals surface area contributed by atoms with E-state index in [0.717, 1.165) is 30.8 Å². The van der Waals surface area contributed by atoms with Gasteiger partial charge in [-0.3, -0.25) is 9.48 Å². The molecule has 3 atom stereocenters. The lowest BCUT2D eigenvalue weighted by Gasteiger charge is -2.39. The van der Waals surface area contributed by atoms with Crippen molar-refractivity contribution >= 4 is 5.91 Å². The van der Waals surface area contributed by atoms with Gasteiger partial charge in [0.15, 0.2) is 0 Å². The Kier molecular flexibility index (Phi) is 2.86. The van der Waals surface area contributed by atoms with E-state index in [1.807, 2.05) is 19.9 Å². The molecule has 0 radical (unpaired) electrons. The first kappa shape index (κ1) is 11.7. The lowest BCUT2D eigenvalue weighted by atomic mass is 9.76. The fraction of sp³-hybridized carbons (Fsp3) is 0.692. The molecule has 0 aromatic carbocycles. The van der Waals surface area contributed by atoms with Gasteiger partial charge in [-0.15, -0.1) is 0 Å². The minimum absolute atomic E-state index is 0.0524. The zero-order chi connectivity index (χ0) is 12.7. The lowest BCUT2D eigenvalue weighted by molar-refractivity contribution is -0.124. The van der Waals surface area contributed by atoms with Gasteiger partial charge in [0.05, 0.1) is 11.8 Å². The van der Waals surface area contributed by atoms with E-state index in [0.29, 0.717) is 24.6 Å². The molecule has 5 heteroatoms. The topological polar surface area (TPSA) is 56.2 Å². The van der Waals surface area contributed by atoms with Gasteiger partial charge < -0.3 is 10.1 Å². The fourth-order valence-electron chi connectivity index (χ4n) is 2.99. The van der Waals surface area contributed by atoms with Crippen LogP contribution in [0.1, 0.15) is 24.2 Å². The summed E-state index contributed by atoms with van der Waals surface area (Å²) >= 11 is 0. The second-order valence-corrected chi connectivity index (χ2v) is 5.36. The van der Waals surface area contributed by atoms with Crippen LogP contribution in [-0.2, 0) is 16.1 Å². The highest BCUT2D eigenvalue weighted by atomic mass is 16.5. The number of hydrogen-bond acceptors (Lipinski definition) is 3. The van der Waals surface area contributed by atoms with Crippen molar-refractivity contribution in [2.75, 3.05) is 6.61 Å². The first-order valence-electron chi connectivity index (χ1n) is 6.55. The van der Waals surface area contributed by atoms with Crippen molar-refractivity contribution in [1.29, 1.82) is 0 Å². The van der Waals surface area contributed by atoms with E-state index in [9.17, 15) is 4.79 Å². The van der Waals surface area contributed by atoms with Crippen LogP contribution >= 0.6 is 0 Å². The van der Waals surface area contributed by atoms with Crippen molar-refractivity contribution in [1.82, 2.24) is 15.1 Å². The maximum Gasteiger partial charge on any atom is 0.241 e. The van der Waals surface area contributed by atoms with Crippen LogP contribution in [0, 0.1) is 19.8 Å². The molecule has 1 aromatic heterocycles. The summed E-state index contributed by atoms with van der Waals surface area (Å²) in [6, 6.07) is 2.29. The van der Waals surface area contributed by atoms with E-state index < -0.39 is 0 Å². The van der Waals surface area contributed by atoms with Crippen LogP contribution in [0.5, 0.6) is 0 Å². The Morgan fingerprint density at radius 3 is 3.11 bits per heavy atom. The number of amides is 1. The fourth-order valence-corrected chi connectivity index (χ4v) is 2.99. The van der Waals surface area contributed by atoms with Gasteiger partial charge in [-0.1, -0.05) is 0 Å². The Morgan fingerprint density at radius 1 is 1.61 bits per heavy atom. The van der Waals surface area contributed by atoms with Gasteiger partial charge in [-0.05, 0) is 32.8 Å². The number of hydrogen-bond donors (Lipinski definition) is 1. The molecule has 3 unspecified atom stereocenters. The number of nitrogens with one attached hydrogen (secondary N) is 1. The zero-order valence-corrected chi connectivity index (χ0v) is 10.8. The second-order valence-electron chi connectivity index (χ2n) is 5.36. The molecule has 3 rings (SSSR count). The normalized spacial score (nSPS) is 29.8. The van der Waals surface area contributed by atoms with Gasteiger partial charge in [0.2, 0.25) is 5.91 Å². The Balaban J connectivity index is 1.55. The molecule has 98 valence electrons. The van der Waals surface area contributed by atoms with E-state index in [1.165, 1.54) is 0 Å². The summed E-state index contributed by atoms with van der Waals surface area (Å²) in [6.45, 7) is 5.07. The SMILES string of the molecule is Cc1cc(C)n(CC(=O)NC2CC3OCCC23)n1. The third-order valence-electron chi connectivity index (χ3n) is 4.01. The molecule has 1 N–H and O–H groups in total. The van der Waals surface area contributed by atoms with Crippen molar-refractivity contribution in [2.45, 2.75) is 45.4 Å². The highest BCUT2D eigenvalue weighted by Gasteiger charge is 2.45. The number of nitrogens with zero attached hydrogens (tertiary/aromatic N) is 2. The van der Waals surface area contributed by atoms with Gasteiger partial charge in [0, 0.05) is 24.3 Å². The molecule has 1 aromatic rings. The van der Waals surface area contributed by atoms with E-state index in [1.54, 1.807) is 4.68 Å². The van der Waals surface area contributed by atoms with E-state index in [4.69, 9.17) is 4.74 Å². The summed E-state index contributed by atoms with van der Waals surface area (Å²) in [5.41, 5.74) is 1.98. The molecule has 2 aliphatic rings. The molecule has 1 aliphatic heterocycles. The molecule has 5 nitrogen and oxygen atoms in total. The highest BCUT2D eigenvalue weighted by molar-refractivity contribution is 5.76. The third kappa shape index (κ3) is 2.03. The van der Waals surface area contributed by atoms with Crippen LogP contribution in [0.2, 0.25) is 0 Å². The number of fused-ring (bicyclic) bond motifs is 1. The van der Waals surface area contributed by atoms with Gasteiger partial charge >= 0.3 is 0 Å². The van der Waals surface area contributed by atoms with Crippen LogP contribution in [0.4, 0.5) is 0 Å². The molecule has 0 spiro atoms. The molecule has 0 bridgehead atoms.